The largest absolute Gasteiger partial charge is 0.305 e. The molecule has 2 nitrogen and oxygen atoms in total. The maximum absolute atomic E-state index is 6.09. The molecule has 2 aromatic carbocycles. The molecule has 3 fully saturated rings. The number of hydrogen-bond donors (Lipinski definition) is 1. The van der Waals surface area contributed by atoms with E-state index in [0.717, 1.165) is 17.4 Å². The zero-order chi connectivity index (χ0) is 16.4. The van der Waals surface area contributed by atoms with E-state index in [1.54, 1.807) is 0 Å². The van der Waals surface area contributed by atoms with Crippen molar-refractivity contribution >= 4 is 11.6 Å². The lowest BCUT2D eigenvalue weighted by atomic mass is 9.83. The summed E-state index contributed by atoms with van der Waals surface area (Å²) in [6, 6.07) is 20.1. The lowest BCUT2D eigenvalue weighted by molar-refractivity contribution is 0.0669. The molecule has 3 aliphatic rings. The summed E-state index contributed by atoms with van der Waals surface area (Å²) < 4.78 is 0. The Labute approximate surface area is 149 Å². The zero-order valence-electron chi connectivity index (χ0n) is 14.0. The first kappa shape index (κ1) is 16.1. The van der Waals surface area contributed by atoms with Crippen molar-refractivity contribution in [1.82, 2.24) is 10.2 Å². The lowest BCUT2D eigenvalue weighted by Crippen LogP contribution is -2.56. The zero-order valence-corrected chi connectivity index (χ0v) is 14.8. The molecule has 2 aromatic rings. The van der Waals surface area contributed by atoms with Crippen molar-refractivity contribution in [2.75, 3.05) is 19.6 Å². The highest BCUT2D eigenvalue weighted by molar-refractivity contribution is 6.30. The van der Waals surface area contributed by atoms with Crippen LogP contribution in [0.15, 0.2) is 54.6 Å². The highest BCUT2D eigenvalue weighted by atomic mass is 35.5. The number of piperidine rings is 3. The second-order valence-corrected chi connectivity index (χ2v) is 7.64. The van der Waals surface area contributed by atoms with Gasteiger partial charge >= 0.3 is 0 Å². The summed E-state index contributed by atoms with van der Waals surface area (Å²) in [5, 5.41) is 4.79. The van der Waals surface area contributed by atoms with E-state index in [2.05, 4.69) is 52.7 Å². The molecule has 0 amide bonds. The summed E-state index contributed by atoms with van der Waals surface area (Å²) in [7, 11) is 0. The summed E-state index contributed by atoms with van der Waals surface area (Å²) in [5.41, 5.74) is 2.71. The molecule has 2 atom stereocenters. The minimum absolute atomic E-state index is 0.343. The van der Waals surface area contributed by atoms with Gasteiger partial charge in [0.15, 0.2) is 0 Å². The minimum atomic E-state index is 0.343. The second kappa shape index (κ2) is 7.26. The molecule has 1 N–H and O–H groups in total. The lowest BCUT2D eigenvalue weighted by Gasteiger charge is -2.46. The van der Waals surface area contributed by atoms with E-state index in [1.807, 2.05) is 12.1 Å². The van der Waals surface area contributed by atoms with Crippen LogP contribution in [0, 0.1) is 5.92 Å². The van der Waals surface area contributed by atoms with Crippen LogP contribution in [0.2, 0.25) is 5.02 Å². The molecule has 0 unspecified atom stereocenters. The van der Waals surface area contributed by atoms with Gasteiger partial charge in [0, 0.05) is 23.7 Å². The van der Waals surface area contributed by atoms with Gasteiger partial charge in [0.2, 0.25) is 0 Å². The average molecular weight is 341 g/mol. The van der Waals surface area contributed by atoms with Gasteiger partial charge < -0.3 is 10.2 Å². The predicted molar refractivity (Wildman–Crippen MR) is 100 cm³/mol. The Morgan fingerprint density at radius 1 is 1.00 bits per heavy atom. The fourth-order valence-corrected chi connectivity index (χ4v) is 4.36. The second-order valence-electron chi connectivity index (χ2n) is 7.21. The highest BCUT2D eigenvalue weighted by Crippen LogP contribution is 2.30. The van der Waals surface area contributed by atoms with E-state index >= 15 is 0 Å². The van der Waals surface area contributed by atoms with Crippen LogP contribution in [0.3, 0.4) is 0 Å². The first-order valence-corrected chi connectivity index (χ1v) is 9.43. The molecule has 0 radical (unpaired) electrons. The fraction of sp³-hybridized carbons (Fsp3) is 0.429. The number of rotatable bonds is 5. The Morgan fingerprint density at radius 2 is 1.71 bits per heavy atom. The van der Waals surface area contributed by atoms with Gasteiger partial charge in [-0.3, -0.25) is 0 Å². The van der Waals surface area contributed by atoms with Gasteiger partial charge in [-0.2, -0.15) is 0 Å². The van der Waals surface area contributed by atoms with Crippen molar-refractivity contribution in [2.24, 2.45) is 5.92 Å². The quantitative estimate of drug-likeness (QED) is 0.872. The molecule has 0 aliphatic carbocycles. The van der Waals surface area contributed by atoms with Gasteiger partial charge in [0.1, 0.15) is 0 Å². The molecule has 5 rings (SSSR count). The summed E-state index contributed by atoms with van der Waals surface area (Å²) >= 11 is 6.09. The number of fused-ring (bicyclic) bond motifs is 3. The van der Waals surface area contributed by atoms with Gasteiger partial charge in [0.05, 0.1) is 0 Å². The van der Waals surface area contributed by atoms with E-state index in [0.29, 0.717) is 12.1 Å². The topological polar surface area (TPSA) is 15.3 Å². The Balaban J connectivity index is 1.54. The van der Waals surface area contributed by atoms with Gasteiger partial charge in [-0.1, -0.05) is 54.1 Å². The molecule has 3 saturated heterocycles. The Hall–Kier alpha value is -1.35. The van der Waals surface area contributed by atoms with Crippen LogP contribution in [-0.2, 0) is 6.42 Å². The van der Waals surface area contributed by atoms with Crippen molar-refractivity contribution in [3.05, 3.63) is 70.7 Å². The standard InChI is InChI=1S/C21H25ClN2/c22-19-8-6-17(7-9-19)20(14-16-4-2-1-3-5-16)23-21-15-24-12-10-18(21)11-13-24/h1-9,18,20-21,23H,10-15H2/t20-,21-/m1/s1. The monoisotopic (exact) mass is 340 g/mol. The van der Waals surface area contributed by atoms with E-state index in [1.165, 1.54) is 43.6 Å². The van der Waals surface area contributed by atoms with Crippen molar-refractivity contribution in [1.29, 1.82) is 0 Å². The molecule has 3 aliphatic heterocycles. The summed E-state index contributed by atoms with van der Waals surface area (Å²) in [6.07, 6.45) is 3.71. The maximum Gasteiger partial charge on any atom is 0.0406 e. The van der Waals surface area contributed by atoms with Crippen LogP contribution in [0.25, 0.3) is 0 Å². The van der Waals surface area contributed by atoms with E-state index in [4.69, 9.17) is 11.6 Å². The number of halogens is 1. The Morgan fingerprint density at radius 3 is 2.33 bits per heavy atom. The van der Waals surface area contributed by atoms with E-state index in [-0.39, 0.29) is 0 Å². The minimum Gasteiger partial charge on any atom is -0.305 e. The van der Waals surface area contributed by atoms with Gasteiger partial charge in [0.25, 0.3) is 0 Å². The van der Waals surface area contributed by atoms with E-state index in [9.17, 15) is 0 Å². The summed E-state index contributed by atoms with van der Waals surface area (Å²) in [5.74, 6) is 0.834. The van der Waals surface area contributed by atoms with Crippen molar-refractivity contribution in [2.45, 2.75) is 31.3 Å². The first-order chi connectivity index (χ1) is 11.8. The van der Waals surface area contributed by atoms with Crippen LogP contribution in [0.5, 0.6) is 0 Å². The molecular weight excluding hydrogens is 316 g/mol. The average Bonchev–Trinajstić information content (AvgIpc) is 2.64. The normalized spacial score (nSPS) is 27.1. The van der Waals surface area contributed by atoms with Crippen LogP contribution >= 0.6 is 11.6 Å². The van der Waals surface area contributed by atoms with Gasteiger partial charge in [-0.05, 0) is 61.5 Å². The van der Waals surface area contributed by atoms with Crippen LogP contribution < -0.4 is 5.32 Å². The van der Waals surface area contributed by atoms with Gasteiger partial charge in [-0.15, -0.1) is 0 Å². The number of benzene rings is 2. The van der Waals surface area contributed by atoms with Crippen molar-refractivity contribution in [3.63, 3.8) is 0 Å². The first-order valence-electron chi connectivity index (χ1n) is 9.06. The smallest absolute Gasteiger partial charge is 0.0406 e. The fourth-order valence-electron chi connectivity index (χ4n) is 4.23. The van der Waals surface area contributed by atoms with E-state index < -0.39 is 0 Å². The third kappa shape index (κ3) is 3.66. The Kier molecular flexibility index (Phi) is 4.88. The number of nitrogens with one attached hydrogen (secondary N) is 1. The molecule has 0 aromatic heterocycles. The molecular formula is C21H25ClN2. The van der Waals surface area contributed by atoms with Crippen LogP contribution in [0.1, 0.15) is 30.0 Å². The number of nitrogens with zero attached hydrogens (tertiary/aromatic N) is 1. The molecule has 3 heterocycles. The molecule has 0 saturated carbocycles. The van der Waals surface area contributed by atoms with Gasteiger partial charge in [-0.25, -0.2) is 0 Å². The SMILES string of the molecule is Clc1ccc([C@@H](Cc2ccccc2)N[C@@H]2CN3CCC2CC3)cc1. The predicted octanol–water partition coefficient (Wildman–Crippen LogP) is 4.31. The van der Waals surface area contributed by atoms with Crippen molar-refractivity contribution < 1.29 is 0 Å². The Bertz CT molecular complexity index is 647. The summed E-state index contributed by atoms with van der Waals surface area (Å²) in [4.78, 5) is 2.61. The molecule has 3 heteroatoms. The van der Waals surface area contributed by atoms with Crippen LogP contribution in [0.4, 0.5) is 0 Å². The highest BCUT2D eigenvalue weighted by Gasteiger charge is 2.35. The molecule has 2 bridgehead atoms. The molecule has 0 spiro atoms. The molecule has 126 valence electrons. The maximum atomic E-state index is 6.09. The third-order valence-electron chi connectivity index (χ3n) is 5.63. The van der Waals surface area contributed by atoms with Crippen molar-refractivity contribution in [3.8, 4) is 0 Å². The number of hydrogen-bond acceptors (Lipinski definition) is 2. The summed E-state index contributed by atoms with van der Waals surface area (Å²) in [6.45, 7) is 3.77. The van der Waals surface area contributed by atoms with Crippen LogP contribution in [-0.4, -0.2) is 30.6 Å². The third-order valence-corrected chi connectivity index (χ3v) is 5.88. The molecule has 24 heavy (non-hydrogen) atoms.